The van der Waals surface area contributed by atoms with Crippen LogP contribution in [-0.4, -0.2) is 30.0 Å². The molecular formula is C20H25N3O3. The number of ether oxygens (including phenoxy) is 1. The Labute approximate surface area is 154 Å². The van der Waals surface area contributed by atoms with E-state index in [1.165, 1.54) is 6.20 Å². The monoisotopic (exact) mass is 355 g/mol. The Morgan fingerprint density at radius 2 is 1.92 bits per heavy atom. The number of benzene rings is 1. The van der Waals surface area contributed by atoms with Gasteiger partial charge in [0.1, 0.15) is 5.82 Å². The van der Waals surface area contributed by atoms with E-state index < -0.39 is 5.97 Å². The summed E-state index contributed by atoms with van der Waals surface area (Å²) in [5, 5.41) is 5.97. The summed E-state index contributed by atoms with van der Waals surface area (Å²) < 4.78 is 5.02. The van der Waals surface area contributed by atoms with Crippen LogP contribution in [0.5, 0.6) is 0 Å². The first-order chi connectivity index (χ1) is 12.5. The van der Waals surface area contributed by atoms with Crippen LogP contribution in [0.2, 0.25) is 0 Å². The number of nitrogens with zero attached hydrogens (tertiary/aromatic N) is 1. The third-order valence-electron chi connectivity index (χ3n) is 3.72. The highest BCUT2D eigenvalue weighted by molar-refractivity contribution is 6.07. The van der Waals surface area contributed by atoms with Crippen LogP contribution in [0, 0.1) is 5.92 Å². The minimum Gasteiger partial charge on any atom is -0.462 e. The second kappa shape index (κ2) is 9.56. The van der Waals surface area contributed by atoms with Crippen LogP contribution in [0.15, 0.2) is 42.6 Å². The van der Waals surface area contributed by atoms with Gasteiger partial charge in [-0.3, -0.25) is 4.79 Å². The van der Waals surface area contributed by atoms with Crippen molar-refractivity contribution in [3.63, 3.8) is 0 Å². The molecule has 6 nitrogen and oxygen atoms in total. The molecule has 0 atom stereocenters. The number of anilines is 2. The van der Waals surface area contributed by atoms with E-state index in [-0.39, 0.29) is 12.5 Å². The molecule has 0 aliphatic rings. The third-order valence-corrected chi connectivity index (χ3v) is 3.72. The Balaban J connectivity index is 2.03. The SMILES string of the molecule is CCOC(=O)c1ccccc1NC(=O)c1ccc(NCCC(C)C)nc1. The Morgan fingerprint density at radius 1 is 1.15 bits per heavy atom. The van der Waals surface area contributed by atoms with Gasteiger partial charge in [-0.25, -0.2) is 9.78 Å². The average molecular weight is 355 g/mol. The molecule has 0 saturated heterocycles. The molecule has 0 aliphatic heterocycles. The largest absolute Gasteiger partial charge is 0.462 e. The van der Waals surface area contributed by atoms with Crippen molar-refractivity contribution in [2.24, 2.45) is 5.92 Å². The van der Waals surface area contributed by atoms with Crippen molar-refractivity contribution >= 4 is 23.4 Å². The molecule has 2 N–H and O–H groups in total. The summed E-state index contributed by atoms with van der Waals surface area (Å²) in [5.41, 5.74) is 1.15. The molecule has 2 aromatic rings. The predicted molar refractivity (Wildman–Crippen MR) is 103 cm³/mol. The molecule has 1 heterocycles. The fourth-order valence-electron chi connectivity index (χ4n) is 2.30. The Hall–Kier alpha value is -2.89. The molecule has 1 aromatic carbocycles. The van der Waals surface area contributed by atoms with Gasteiger partial charge in [0.05, 0.1) is 23.4 Å². The summed E-state index contributed by atoms with van der Waals surface area (Å²) >= 11 is 0. The van der Waals surface area contributed by atoms with Gasteiger partial charge in [-0.1, -0.05) is 26.0 Å². The zero-order valence-corrected chi connectivity index (χ0v) is 15.4. The van der Waals surface area contributed by atoms with Crippen molar-refractivity contribution in [2.45, 2.75) is 27.2 Å². The Bertz CT molecular complexity index is 742. The summed E-state index contributed by atoms with van der Waals surface area (Å²) in [6.07, 6.45) is 2.56. The maximum Gasteiger partial charge on any atom is 0.340 e. The van der Waals surface area contributed by atoms with E-state index in [0.717, 1.165) is 18.8 Å². The number of carbonyl (C=O) groups is 2. The smallest absolute Gasteiger partial charge is 0.340 e. The number of hydrogen-bond donors (Lipinski definition) is 2. The minimum absolute atomic E-state index is 0.274. The number of esters is 1. The molecule has 1 aromatic heterocycles. The summed E-state index contributed by atoms with van der Waals surface area (Å²) in [6.45, 7) is 7.17. The van der Waals surface area contributed by atoms with E-state index in [0.29, 0.717) is 22.7 Å². The highest BCUT2D eigenvalue weighted by atomic mass is 16.5. The van der Waals surface area contributed by atoms with Gasteiger partial charge < -0.3 is 15.4 Å². The number of nitrogens with one attached hydrogen (secondary N) is 2. The number of pyridine rings is 1. The number of hydrogen-bond acceptors (Lipinski definition) is 5. The maximum absolute atomic E-state index is 12.4. The Morgan fingerprint density at radius 3 is 2.58 bits per heavy atom. The molecule has 2 rings (SSSR count). The molecule has 0 fully saturated rings. The highest BCUT2D eigenvalue weighted by Gasteiger charge is 2.15. The topological polar surface area (TPSA) is 80.3 Å². The molecule has 0 aliphatic carbocycles. The van der Waals surface area contributed by atoms with Crippen molar-refractivity contribution in [3.8, 4) is 0 Å². The number of aromatic nitrogens is 1. The lowest BCUT2D eigenvalue weighted by Crippen LogP contribution is -2.16. The molecule has 138 valence electrons. The van der Waals surface area contributed by atoms with Gasteiger partial charge in [-0.2, -0.15) is 0 Å². The summed E-state index contributed by atoms with van der Waals surface area (Å²) in [6, 6.07) is 10.2. The molecule has 0 saturated carbocycles. The number of para-hydroxylation sites is 1. The quantitative estimate of drug-likeness (QED) is 0.700. The van der Waals surface area contributed by atoms with Crippen molar-refractivity contribution in [2.75, 3.05) is 23.8 Å². The van der Waals surface area contributed by atoms with Gasteiger partial charge in [0.2, 0.25) is 0 Å². The van der Waals surface area contributed by atoms with Crippen LogP contribution >= 0.6 is 0 Å². The summed E-state index contributed by atoms with van der Waals surface area (Å²) in [5.74, 6) is 0.551. The Kier molecular flexibility index (Phi) is 7.14. The first-order valence-electron chi connectivity index (χ1n) is 8.78. The molecule has 0 unspecified atom stereocenters. The number of amides is 1. The van der Waals surface area contributed by atoms with Gasteiger partial charge in [0.15, 0.2) is 0 Å². The van der Waals surface area contributed by atoms with Crippen LogP contribution in [-0.2, 0) is 4.74 Å². The fraction of sp³-hybridized carbons (Fsp3) is 0.350. The highest BCUT2D eigenvalue weighted by Crippen LogP contribution is 2.17. The van der Waals surface area contributed by atoms with Gasteiger partial charge in [0, 0.05) is 12.7 Å². The molecular weight excluding hydrogens is 330 g/mol. The summed E-state index contributed by atoms with van der Waals surface area (Å²) in [4.78, 5) is 28.7. The van der Waals surface area contributed by atoms with Crippen LogP contribution < -0.4 is 10.6 Å². The van der Waals surface area contributed by atoms with E-state index in [4.69, 9.17) is 4.74 Å². The van der Waals surface area contributed by atoms with E-state index in [2.05, 4.69) is 29.5 Å². The van der Waals surface area contributed by atoms with Crippen LogP contribution in [0.25, 0.3) is 0 Å². The first-order valence-corrected chi connectivity index (χ1v) is 8.78. The van der Waals surface area contributed by atoms with Gasteiger partial charge in [0.25, 0.3) is 5.91 Å². The van der Waals surface area contributed by atoms with Gasteiger partial charge >= 0.3 is 5.97 Å². The lowest BCUT2D eigenvalue weighted by atomic mass is 10.1. The molecule has 0 spiro atoms. The number of carbonyl (C=O) groups excluding carboxylic acids is 2. The van der Waals surface area contributed by atoms with Gasteiger partial charge in [-0.15, -0.1) is 0 Å². The van der Waals surface area contributed by atoms with E-state index >= 15 is 0 Å². The molecule has 1 amide bonds. The lowest BCUT2D eigenvalue weighted by Gasteiger charge is -2.11. The third kappa shape index (κ3) is 5.58. The first kappa shape index (κ1) is 19.4. The second-order valence-corrected chi connectivity index (χ2v) is 6.26. The van der Waals surface area contributed by atoms with Crippen LogP contribution in [0.3, 0.4) is 0 Å². The van der Waals surface area contributed by atoms with E-state index in [9.17, 15) is 9.59 Å². The summed E-state index contributed by atoms with van der Waals surface area (Å²) in [7, 11) is 0. The zero-order chi connectivity index (χ0) is 18.9. The lowest BCUT2D eigenvalue weighted by molar-refractivity contribution is 0.0527. The maximum atomic E-state index is 12.4. The molecule has 26 heavy (non-hydrogen) atoms. The van der Waals surface area contributed by atoms with Crippen molar-refractivity contribution < 1.29 is 14.3 Å². The molecule has 0 radical (unpaired) electrons. The fourth-order valence-corrected chi connectivity index (χ4v) is 2.30. The second-order valence-electron chi connectivity index (χ2n) is 6.26. The van der Waals surface area contributed by atoms with Crippen molar-refractivity contribution in [3.05, 3.63) is 53.7 Å². The number of rotatable bonds is 8. The zero-order valence-electron chi connectivity index (χ0n) is 15.4. The molecule has 0 bridgehead atoms. The van der Waals surface area contributed by atoms with Crippen LogP contribution in [0.4, 0.5) is 11.5 Å². The average Bonchev–Trinajstić information content (AvgIpc) is 2.62. The minimum atomic E-state index is -0.466. The molecule has 6 heteroatoms. The van der Waals surface area contributed by atoms with E-state index in [1.54, 1.807) is 43.3 Å². The standard InChI is InChI=1S/C20H25N3O3/c1-4-26-20(25)16-7-5-6-8-17(16)23-19(24)15-9-10-18(22-13-15)21-12-11-14(2)3/h5-10,13-14H,4,11-12H2,1-3H3,(H,21,22)(H,23,24). The van der Waals surface area contributed by atoms with Crippen molar-refractivity contribution in [1.82, 2.24) is 4.98 Å². The van der Waals surface area contributed by atoms with Gasteiger partial charge in [-0.05, 0) is 43.5 Å². The predicted octanol–water partition coefficient (Wildman–Crippen LogP) is 3.97. The normalized spacial score (nSPS) is 10.5. The van der Waals surface area contributed by atoms with Crippen LogP contribution in [0.1, 0.15) is 47.9 Å². The van der Waals surface area contributed by atoms with Crippen molar-refractivity contribution in [1.29, 1.82) is 0 Å². The van der Waals surface area contributed by atoms with E-state index in [1.807, 2.05) is 0 Å².